The number of amides is 1. The Bertz CT molecular complexity index is 255. The van der Waals surface area contributed by atoms with E-state index in [1.54, 1.807) is 0 Å². The molecule has 0 aromatic carbocycles. The minimum atomic E-state index is -4.26. The summed E-state index contributed by atoms with van der Waals surface area (Å²) in [4.78, 5) is 13.1. The van der Waals surface area contributed by atoms with Gasteiger partial charge in [-0.15, -0.1) is 0 Å². The number of hydrogen-bond acceptors (Lipinski definition) is 2. The van der Waals surface area contributed by atoms with Gasteiger partial charge in [0.25, 0.3) is 0 Å². The molecule has 0 aliphatic carbocycles. The highest BCUT2D eigenvalue weighted by molar-refractivity contribution is 5.76. The third kappa shape index (κ3) is 3.66. The summed E-state index contributed by atoms with van der Waals surface area (Å²) in [5, 5.41) is 0. The van der Waals surface area contributed by atoms with E-state index in [9.17, 15) is 18.0 Å². The van der Waals surface area contributed by atoms with Crippen molar-refractivity contribution in [2.45, 2.75) is 38.4 Å². The lowest BCUT2D eigenvalue weighted by molar-refractivity contribution is -0.149. The van der Waals surface area contributed by atoms with E-state index in [2.05, 4.69) is 0 Å². The van der Waals surface area contributed by atoms with Crippen molar-refractivity contribution >= 4 is 5.91 Å². The second-order valence-corrected chi connectivity index (χ2v) is 4.35. The molecule has 0 radical (unpaired) electrons. The normalized spacial score (nSPS) is 26.2. The largest absolute Gasteiger partial charge is 0.389 e. The van der Waals surface area contributed by atoms with Gasteiger partial charge >= 0.3 is 6.18 Å². The van der Waals surface area contributed by atoms with E-state index in [1.165, 1.54) is 4.90 Å². The van der Waals surface area contributed by atoms with Gasteiger partial charge in [-0.1, -0.05) is 0 Å². The molecular formula is C10H17F3N2O. The number of likely N-dealkylation sites (tertiary alicyclic amines) is 1. The van der Waals surface area contributed by atoms with Gasteiger partial charge in [-0.05, 0) is 25.8 Å². The molecule has 3 nitrogen and oxygen atoms in total. The molecule has 0 saturated carbocycles. The topological polar surface area (TPSA) is 46.3 Å². The first kappa shape index (κ1) is 13.3. The average Bonchev–Trinajstić information content (AvgIpc) is 2.55. The molecule has 0 aromatic heterocycles. The third-order valence-electron chi connectivity index (χ3n) is 2.94. The Balaban J connectivity index is 2.43. The third-order valence-corrected chi connectivity index (χ3v) is 2.94. The van der Waals surface area contributed by atoms with Crippen LogP contribution in [0.2, 0.25) is 0 Å². The molecule has 1 saturated heterocycles. The van der Waals surface area contributed by atoms with Crippen LogP contribution < -0.4 is 5.73 Å². The highest BCUT2D eigenvalue weighted by Crippen LogP contribution is 2.26. The maximum Gasteiger partial charge on any atom is 0.389 e. The van der Waals surface area contributed by atoms with E-state index >= 15 is 0 Å². The van der Waals surface area contributed by atoms with E-state index in [4.69, 9.17) is 5.73 Å². The van der Waals surface area contributed by atoms with E-state index in [0.717, 1.165) is 6.42 Å². The number of nitrogens with zero attached hydrogens (tertiary/aromatic N) is 1. The van der Waals surface area contributed by atoms with Gasteiger partial charge in [0.2, 0.25) is 5.91 Å². The molecule has 1 heterocycles. The standard InChI is InChI=1S/C10H17F3N2O/c1-7-4-8(5-14)6-15(7)9(16)2-3-10(11,12)13/h7-8H,2-6,14H2,1H3. The van der Waals surface area contributed by atoms with Crippen molar-refractivity contribution in [2.75, 3.05) is 13.1 Å². The number of nitrogens with two attached hydrogens (primary N) is 1. The van der Waals surface area contributed by atoms with Gasteiger partial charge in [-0.25, -0.2) is 0 Å². The Morgan fingerprint density at radius 2 is 2.12 bits per heavy atom. The molecular weight excluding hydrogens is 221 g/mol. The Labute approximate surface area is 92.8 Å². The number of carbonyl (C=O) groups excluding carboxylic acids is 1. The number of hydrogen-bond donors (Lipinski definition) is 1. The van der Waals surface area contributed by atoms with Crippen molar-refractivity contribution in [3.05, 3.63) is 0 Å². The lowest BCUT2D eigenvalue weighted by Crippen LogP contribution is -2.35. The van der Waals surface area contributed by atoms with Gasteiger partial charge in [0.05, 0.1) is 6.42 Å². The summed E-state index contributed by atoms with van der Waals surface area (Å²) in [5.41, 5.74) is 5.48. The molecule has 94 valence electrons. The molecule has 0 bridgehead atoms. The minimum Gasteiger partial charge on any atom is -0.340 e. The molecule has 1 fully saturated rings. The molecule has 6 heteroatoms. The van der Waals surface area contributed by atoms with Gasteiger partial charge in [-0.3, -0.25) is 4.79 Å². The Morgan fingerprint density at radius 1 is 1.50 bits per heavy atom. The number of carbonyl (C=O) groups is 1. The van der Waals surface area contributed by atoms with Crippen molar-refractivity contribution in [3.63, 3.8) is 0 Å². The fourth-order valence-corrected chi connectivity index (χ4v) is 2.05. The average molecular weight is 238 g/mol. The van der Waals surface area contributed by atoms with Gasteiger partial charge in [-0.2, -0.15) is 13.2 Å². The second-order valence-electron chi connectivity index (χ2n) is 4.35. The first-order valence-electron chi connectivity index (χ1n) is 5.39. The van der Waals surface area contributed by atoms with Gasteiger partial charge in [0, 0.05) is 19.0 Å². The Morgan fingerprint density at radius 3 is 2.56 bits per heavy atom. The summed E-state index contributed by atoms with van der Waals surface area (Å²) in [5.74, 6) is -0.189. The quantitative estimate of drug-likeness (QED) is 0.810. The molecule has 1 amide bonds. The van der Waals surface area contributed by atoms with Crippen LogP contribution in [0.4, 0.5) is 13.2 Å². The fraction of sp³-hybridized carbons (Fsp3) is 0.900. The zero-order valence-electron chi connectivity index (χ0n) is 9.26. The Hall–Kier alpha value is -0.780. The SMILES string of the molecule is CC1CC(CN)CN1C(=O)CCC(F)(F)F. The zero-order chi connectivity index (χ0) is 12.3. The summed E-state index contributed by atoms with van der Waals surface area (Å²) >= 11 is 0. The Kier molecular flexibility index (Phi) is 4.18. The summed E-state index contributed by atoms with van der Waals surface area (Å²) in [6, 6.07) is 0.00860. The van der Waals surface area contributed by atoms with Crippen LogP contribution in [-0.4, -0.2) is 36.1 Å². The maximum absolute atomic E-state index is 12.0. The van der Waals surface area contributed by atoms with Crippen LogP contribution in [0.15, 0.2) is 0 Å². The van der Waals surface area contributed by atoms with Gasteiger partial charge < -0.3 is 10.6 Å². The van der Waals surface area contributed by atoms with E-state index in [1.807, 2.05) is 6.92 Å². The number of halogens is 3. The maximum atomic E-state index is 12.0. The van der Waals surface area contributed by atoms with Crippen LogP contribution in [0.3, 0.4) is 0 Å². The lowest BCUT2D eigenvalue weighted by atomic mass is 10.1. The van der Waals surface area contributed by atoms with Crippen molar-refractivity contribution in [1.82, 2.24) is 4.90 Å². The van der Waals surface area contributed by atoms with E-state index in [-0.39, 0.29) is 12.0 Å². The fourth-order valence-electron chi connectivity index (χ4n) is 2.05. The smallest absolute Gasteiger partial charge is 0.340 e. The van der Waals surface area contributed by atoms with Gasteiger partial charge in [0.1, 0.15) is 0 Å². The van der Waals surface area contributed by atoms with Crippen LogP contribution in [-0.2, 0) is 4.79 Å². The monoisotopic (exact) mass is 238 g/mol. The summed E-state index contributed by atoms with van der Waals surface area (Å²) < 4.78 is 35.9. The predicted octanol–water partition coefficient (Wildman–Crippen LogP) is 1.52. The lowest BCUT2D eigenvalue weighted by Gasteiger charge is -2.21. The first-order chi connectivity index (χ1) is 7.33. The van der Waals surface area contributed by atoms with Crippen LogP contribution in [0.5, 0.6) is 0 Å². The van der Waals surface area contributed by atoms with E-state index < -0.39 is 24.9 Å². The van der Waals surface area contributed by atoms with Crippen molar-refractivity contribution in [2.24, 2.45) is 11.7 Å². The van der Waals surface area contributed by atoms with Crippen molar-refractivity contribution in [1.29, 1.82) is 0 Å². The summed E-state index contributed by atoms with van der Waals surface area (Å²) in [6.45, 7) is 2.82. The summed E-state index contributed by atoms with van der Waals surface area (Å²) in [7, 11) is 0. The molecule has 0 spiro atoms. The van der Waals surface area contributed by atoms with Crippen molar-refractivity contribution in [3.8, 4) is 0 Å². The molecule has 2 atom stereocenters. The molecule has 0 aromatic rings. The van der Waals surface area contributed by atoms with Crippen LogP contribution >= 0.6 is 0 Å². The molecule has 2 unspecified atom stereocenters. The minimum absolute atomic E-state index is 0.00860. The first-order valence-corrected chi connectivity index (χ1v) is 5.39. The number of rotatable bonds is 3. The molecule has 1 aliphatic rings. The van der Waals surface area contributed by atoms with E-state index in [0.29, 0.717) is 13.1 Å². The van der Waals surface area contributed by atoms with Crippen LogP contribution in [0.1, 0.15) is 26.2 Å². The van der Waals surface area contributed by atoms with Crippen LogP contribution in [0.25, 0.3) is 0 Å². The van der Waals surface area contributed by atoms with Gasteiger partial charge in [0.15, 0.2) is 0 Å². The highest BCUT2D eigenvalue weighted by Gasteiger charge is 2.34. The predicted molar refractivity (Wildman–Crippen MR) is 53.6 cm³/mol. The molecule has 1 rings (SSSR count). The molecule has 16 heavy (non-hydrogen) atoms. The molecule has 1 aliphatic heterocycles. The number of alkyl halides is 3. The molecule has 2 N–H and O–H groups in total. The van der Waals surface area contributed by atoms with Crippen LogP contribution in [0, 0.1) is 5.92 Å². The summed E-state index contributed by atoms with van der Waals surface area (Å²) in [6.07, 6.45) is -4.96. The highest BCUT2D eigenvalue weighted by atomic mass is 19.4. The zero-order valence-corrected chi connectivity index (χ0v) is 9.26. The second kappa shape index (κ2) is 5.03. The van der Waals surface area contributed by atoms with Crippen molar-refractivity contribution < 1.29 is 18.0 Å².